The zero-order valence-electron chi connectivity index (χ0n) is 11.6. The number of amides is 1. The second-order valence-electron chi connectivity index (χ2n) is 4.53. The van der Waals surface area contributed by atoms with Crippen LogP contribution in [-0.2, 0) is 0 Å². The molecule has 0 aliphatic rings. The van der Waals surface area contributed by atoms with E-state index in [4.69, 9.17) is 9.68 Å². The number of aryl methyl sites for hydroxylation is 2. The Kier molecular flexibility index (Phi) is 4.21. The van der Waals surface area contributed by atoms with Gasteiger partial charge in [0.25, 0.3) is 5.91 Å². The van der Waals surface area contributed by atoms with Gasteiger partial charge in [0, 0.05) is 12.2 Å². The van der Waals surface area contributed by atoms with Gasteiger partial charge in [0.1, 0.15) is 11.5 Å². The summed E-state index contributed by atoms with van der Waals surface area (Å²) in [6.07, 6.45) is 0.288. The molecule has 0 radical (unpaired) electrons. The molecule has 0 saturated heterocycles. The van der Waals surface area contributed by atoms with Crippen LogP contribution in [0.4, 0.5) is 5.69 Å². The third kappa shape index (κ3) is 2.89. The third-order valence-corrected chi connectivity index (χ3v) is 3.03. The molecule has 2 rings (SSSR count). The zero-order chi connectivity index (χ0) is 14.5. The Morgan fingerprint density at radius 3 is 2.55 bits per heavy atom. The molecule has 0 aliphatic carbocycles. The second kappa shape index (κ2) is 6.07. The van der Waals surface area contributed by atoms with Crippen molar-refractivity contribution in [3.8, 4) is 6.07 Å². The van der Waals surface area contributed by atoms with E-state index in [2.05, 4.69) is 6.07 Å². The highest BCUT2D eigenvalue weighted by atomic mass is 16.3. The van der Waals surface area contributed by atoms with E-state index >= 15 is 0 Å². The molecule has 0 aliphatic heterocycles. The highest BCUT2D eigenvalue weighted by molar-refractivity contribution is 6.06. The Bertz CT molecular complexity index is 638. The molecule has 0 atom stereocenters. The Labute approximate surface area is 118 Å². The molecular weight excluding hydrogens is 252 g/mol. The number of hydrogen-bond donors (Lipinski definition) is 0. The monoisotopic (exact) mass is 268 g/mol. The van der Waals surface area contributed by atoms with Gasteiger partial charge in [-0.25, -0.2) is 0 Å². The van der Waals surface area contributed by atoms with E-state index in [9.17, 15) is 4.79 Å². The van der Waals surface area contributed by atoms with E-state index in [1.54, 1.807) is 17.9 Å². The fourth-order valence-corrected chi connectivity index (χ4v) is 2.11. The first kappa shape index (κ1) is 13.9. The SMILES string of the molecule is Cc1cc(C(=O)N(CCC#N)c2ccccc2)c(C)o1. The molecule has 102 valence electrons. The lowest BCUT2D eigenvalue weighted by molar-refractivity contribution is 0.0986. The lowest BCUT2D eigenvalue weighted by Gasteiger charge is -2.21. The number of anilines is 1. The van der Waals surface area contributed by atoms with Crippen LogP contribution in [0.25, 0.3) is 0 Å². The van der Waals surface area contributed by atoms with E-state index in [0.29, 0.717) is 23.6 Å². The molecule has 4 nitrogen and oxygen atoms in total. The average molecular weight is 268 g/mol. The van der Waals surface area contributed by atoms with Crippen molar-refractivity contribution in [3.63, 3.8) is 0 Å². The van der Waals surface area contributed by atoms with Gasteiger partial charge in [0.2, 0.25) is 0 Å². The number of benzene rings is 1. The second-order valence-corrected chi connectivity index (χ2v) is 4.53. The summed E-state index contributed by atoms with van der Waals surface area (Å²) in [7, 11) is 0. The number of nitrogens with zero attached hydrogens (tertiary/aromatic N) is 2. The van der Waals surface area contributed by atoms with E-state index < -0.39 is 0 Å². The topological polar surface area (TPSA) is 57.2 Å². The minimum absolute atomic E-state index is 0.138. The molecule has 20 heavy (non-hydrogen) atoms. The quantitative estimate of drug-likeness (QED) is 0.853. The van der Waals surface area contributed by atoms with Gasteiger partial charge < -0.3 is 9.32 Å². The highest BCUT2D eigenvalue weighted by Gasteiger charge is 2.21. The summed E-state index contributed by atoms with van der Waals surface area (Å²) < 4.78 is 5.41. The van der Waals surface area contributed by atoms with Gasteiger partial charge >= 0.3 is 0 Å². The minimum atomic E-state index is -0.138. The summed E-state index contributed by atoms with van der Waals surface area (Å²) in [5.74, 6) is 1.17. The molecule has 2 aromatic rings. The van der Waals surface area contributed by atoms with Crippen molar-refractivity contribution in [1.29, 1.82) is 5.26 Å². The summed E-state index contributed by atoms with van der Waals surface area (Å²) in [6.45, 7) is 3.95. The van der Waals surface area contributed by atoms with Gasteiger partial charge in [-0.1, -0.05) is 18.2 Å². The third-order valence-electron chi connectivity index (χ3n) is 3.03. The van der Waals surface area contributed by atoms with Crippen LogP contribution in [0.3, 0.4) is 0 Å². The Hall–Kier alpha value is -2.54. The number of hydrogen-bond acceptors (Lipinski definition) is 3. The van der Waals surface area contributed by atoms with Crippen LogP contribution in [0.15, 0.2) is 40.8 Å². The molecule has 0 spiro atoms. The van der Waals surface area contributed by atoms with Crippen LogP contribution < -0.4 is 4.90 Å². The molecule has 1 aromatic carbocycles. The van der Waals surface area contributed by atoms with Crippen molar-refractivity contribution in [2.24, 2.45) is 0 Å². The summed E-state index contributed by atoms with van der Waals surface area (Å²) in [6, 6.07) is 13.2. The minimum Gasteiger partial charge on any atom is -0.466 e. The smallest absolute Gasteiger partial charge is 0.261 e. The first-order valence-corrected chi connectivity index (χ1v) is 6.44. The van der Waals surface area contributed by atoms with Crippen LogP contribution >= 0.6 is 0 Å². The molecule has 0 fully saturated rings. The highest BCUT2D eigenvalue weighted by Crippen LogP contribution is 2.21. The van der Waals surface area contributed by atoms with Crippen LogP contribution in [0.5, 0.6) is 0 Å². The predicted molar refractivity (Wildman–Crippen MR) is 76.5 cm³/mol. The first-order valence-electron chi connectivity index (χ1n) is 6.44. The summed E-state index contributed by atoms with van der Waals surface area (Å²) in [5, 5.41) is 8.77. The lowest BCUT2D eigenvalue weighted by Crippen LogP contribution is -2.31. The average Bonchev–Trinajstić information content (AvgIpc) is 2.79. The van der Waals surface area contributed by atoms with Gasteiger partial charge in [0.15, 0.2) is 0 Å². The van der Waals surface area contributed by atoms with Crippen LogP contribution in [0.2, 0.25) is 0 Å². The summed E-state index contributed by atoms with van der Waals surface area (Å²) >= 11 is 0. The molecule has 0 bridgehead atoms. The van der Waals surface area contributed by atoms with Crippen molar-refractivity contribution < 1.29 is 9.21 Å². The number of carbonyl (C=O) groups is 1. The van der Waals surface area contributed by atoms with Gasteiger partial charge in [-0.05, 0) is 32.0 Å². The Balaban J connectivity index is 2.34. The predicted octanol–water partition coefficient (Wildman–Crippen LogP) is 3.46. The maximum atomic E-state index is 12.6. The number of nitriles is 1. The van der Waals surface area contributed by atoms with Crippen molar-refractivity contribution in [2.45, 2.75) is 20.3 Å². The fraction of sp³-hybridized carbons (Fsp3) is 0.250. The fourth-order valence-electron chi connectivity index (χ4n) is 2.11. The van der Waals surface area contributed by atoms with E-state index in [-0.39, 0.29) is 12.3 Å². The lowest BCUT2D eigenvalue weighted by atomic mass is 10.2. The van der Waals surface area contributed by atoms with Gasteiger partial charge in [-0.3, -0.25) is 4.79 Å². The van der Waals surface area contributed by atoms with Crippen molar-refractivity contribution >= 4 is 11.6 Å². The molecule has 1 aromatic heterocycles. The standard InChI is InChI=1S/C16H16N2O2/c1-12-11-15(13(2)20-12)16(19)18(10-6-9-17)14-7-4-3-5-8-14/h3-5,7-8,11H,6,10H2,1-2H3. The molecule has 0 N–H and O–H groups in total. The van der Waals surface area contributed by atoms with Gasteiger partial charge in [-0.15, -0.1) is 0 Å². The summed E-state index contributed by atoms with van der Waals surface area (Å²) in [4.78, 5) is 14.3. The largest absolute Gasteiger partial charge is 0.466 e. The molecule has 1 heterocycles. The molecular formula is C16H16N2O2. The van der Waals surface area contributed by atoms with Crippen molar-refractivity contribution in [1.82, 2.24) is 0 Å². The molecule has 0 unspecified atom stereocenters. The summed E-state index contributed by atoms with van der Waals surface area (Å²) in [5.41, 5.74) is 1.33. The normalized spacial score (nSPS) is 10.1. The van der Waals surface area contributed by atoms with E-state index in [0.717, 1.165) is 5.69 Å². The Morgan fingerprint density at radius 1 is 1.30 bits per heavy atom. The van der Waals surface area contributed by atoms with Gasteiger partial charge in [-0.2, -0.15) is 5.26 Å². The number of carbonyl (C=O) groups excluding carboxylic acids is 1. The first-order chi connectivity index (χ1) is 9.63. The van der Waals surface area contributed by atoms with Crippen molar-refractivity contribution in [2.75, 3.05) is 11.4 Å². The van der Waals surface area contributed by atoms with Crippen LogP contribution in [0, 0.1) is 25.2 Å². The van der Waals surface area contributed by atoms with Gasteiger partial charge in [0.05, 0.1) is 18.1 Å². The molecule has 1 amide bonds. The van der Waals surface area contributed by atoms with E-state index in [1.165, 1.54) is 0 Å². The van der Waals surface area contributed by atoms with Crippen LogP contribution in [-0.4, -0.2) is 12.5 Å². The number of rotatable bonds is 4. The van der Waals surface area contributed by atoms with E-state index in [1.807, 2.05) is 37.3 Å². The Morgan fingerprint density at radius 2 is 2.00 bits per heavy atom. The van der Waals surface area contributed by atoms with Crippen molar-refractivity contribution in [3.05, 3.63) is 53.5 Å². The molecule has 4 heteroatoms. The number of para-hydroxylation sites is 1. The zero-order valence-corrected chi connectivity index (χ0v) is 11.6. The maximum absolute atomic E-state index is 12.6. The number of furan rings is 1. The molecule has 0 saturated carbocycles. The van der Waals surface area contributed by atoms with Crippen LogP contribution in [0.1, 0.15) is 28.3 Å². The maximum Gasteiger partial charge on any atom is 0.261 e.